The number of aromatic nitrogens is 3. The zero-order chi connectivity index (χ0) is 14.7. The van der Waals surface area contributed by atoms with Gasteiger partial charge in [0.05, 0.1) is 23.8 Å². The van der Waals surface area contributed by atoms with E-state index in [2.05, 4.69) is 52.6 Å². The summed E-state index contributed by atoms with van der Waals surface area (Å²) in [6.07, 6.45) is 5.95. The smallest absolute Gasteiger partial charge is 0.0894 e. The molecule has 112 valence electrons. The number of benzene rings is 1. The summed E-state index contributed by atoms with van der Waals surface area (Å²) in [7, 11) is 0. The normalized spacial score (nSPS) is 17.3. The number of para-hydroxylation sites is 2. The third-order valence-electron chi connectivity index (χ3n) is 4.19. The van der Waals surface area contributed by atoms with Crippen LogP contribution in [0.1, 0.15) is 26.7 Å². The molecule has 3 rings (SSSR count). The Morgan fingerprint density at radius 1 is 1.19 bits per heavy atom. The Morgan fingerprint density at radius 3 is 2.62 bits per heavy atom. The van der Waals surface area contributed by atoms with Crippen LogP contribution in [0.3, 0.4) is 0 Å². The van der Waals surface area contributed by atoms with Crippen LogP contribution in [0.2, 0.25) is 0 Å². The first-order valence-corrected chi connectivity index (χ1v) is 7.70. The van der Waals surface area contributed by atoms with E-state index in [9.17, 15) is 0 Å². The van der Waals surface area contributed by atoms with Gasteiger partial charge in [-0.05, 0) is 38.8 Å². The van der Waals surface area contributed by atoms with Crippen LogP contribution in [0.25, 0.3) is 5.69 Å². The molecule has 1 aliphatic rings. The van der Waals surface area contributed by atoms with Gasteiger partial charge in [0.2, 0.25) is 0 Å². The first-order valence-electron chi connectivity index (χ1n) is 7.70. The molecule has 2 heterocycles. The SMILES string of the molecule is CC(C)N1CCC(Nc2ccccc2-n2ccnn2)CC1. The second-order valence-corrected chi connectivity index (χ2v) is 5.91. The number of nitrogens with one attached hydrogen (secondary N) is 1. The van der Waals surface area contributed by atoms with E-state index in [4.69, 9.17) is 0 Å². The fourth-order valence-corrected chi connectivity index (χ4v) is 2.91. The first kappa shape index (κ1) is 14.1. The van der Waals surface area contributed by atoms with E-state index in [-0.39, 0.29) is 0 Å². The number of rotatable bonds is 4. The van der Waals surface area contributed by atoms with Crippen molar-refractivity contribution in [2.45, 2.75) is 38.8 Å². The molecule has 2 aromatic rings. The average Bonchev–Trinajstić information content (AvgIpc) is 3.02. The van der Waals surface area contributed by atoms with E-state index in [0.717, 1.165) is 11.4 Å². The van der Waals surface area contributed by atoms with Gasteiger partial charge in [-0.1, -0.05) is 17.3 Å². The minimum atomic E-state index is 0.532. The third-order valence-corrected chi connectivity index (χ3v) is 4.19. The molecule has 1 N–H and O–H groups in total. The number of nitrogens with zero attached hydrogens (tertiary/aromatic N) is 4. The van der Waals surface area contributed by atoms with Crippen LogP contribution in [-0.2, 0) is 0 Å². The summed E-state index contributed by atoms with van der Waals surface area (Å²) in [5, 5.41) is 11.7. The molecular weight excluding hydrogens is 262 g/mol. The number of likely N-dealkylation sites (tertiary alicyclic amines) is 1. The number of hydrogen-bond donors (Lipinski definition) is 1. The lowest BCUT2D eigenvalue weighted by atomic mass is 10.0. The maximum atomic E-state index is 4.09. The van der Waals surface area contributed by atoms with Crippen molar-refractivity contribution in [3.8, 4) is 5.69 Å². The van der Waals surface area contributed by atoms with Crippen molar-refractivity contribution in [2.75, 3.05) is 18.4 Å². The minimum Gasteiger partial charge on any atom is -0.380 e. The van der Waals surface area contributed by atoms with Gasteiger partial charge in [0.1, 0.15) is 0 Å². The van der Waals surface area contributed by atoms with Crippen molar-refractivity contribution in [1.29, 1.82) is 0 Å². The quantitative estimate of drug-likeness (QED) is 0.938. The standard InChI is InChI=1S/C16H23N5/c1-13(2)20-10-7-14(8-11-20)18-15-5-3-4-6-16(15)21-12-9-17-19-21/h3-6,9,12-14,18H,7-8,10-11H2,1-2H3. The van der Waals surface area contributed by atoms with Crippen LogP contribution in [0.5, 0.6) is 0 Å². The molecule has 0 bridgehead atoms. The summed E-state index contributed by atoms with van der Waals surface area (Å²) < 4.78 is 1.81. The maximum Gasteiger partial charge on any atom is 0.0894 e. The number of anilines is 1. The van der Waals surface area contributed by atoms with Crippen molar-refractivity contribution >= 4 is 5.69 Å². The van der Waals surface area contributed by atoms with Crippen LogP contribution in [0.4, 0.5) is 5.69 Å². The molecule has 0 atom stereocenters. The zero-order valence-electron chi connectivity index (χ0n) is 12.7. The Balaban J connectivity index is 1.69. The van der Waals surface area contributed by atoms with E-state index in [1.807, 2.05) is 16.9 Å². The van der Waals surface area contributed by atoms with Gasteiger partial charge in [-0.15, -0.1) is 5.10 Å². The molecule has 1 saturated heterocycles. The minimum absolute atomic E-state index is 0.532. The highest BCUT2D eigenvalue weighted by Crippen LogP contribution is 2.23. The molecule has 5 heteroatoms. The van der Waals surface area contributed by atoms with E-state index >= 15 is 0 Å². The summed E-state index contributed by atoms with van der Waals surface area (Å²) in [6.45, 7) is 6.88. The largest absolute Gasteiger partial charge is 0.380 e. The van der Waals surface area contributed by atoms with Crippen LogP contribution in [-0.4, -0.2) is 45.1 Å². The molecule has 0 saturated carbocycles. The van der Waals surface area contributed by atoms with Gasteiger partial charge >= 0.3 is 0 Å². The zero-order valence-corrected chi connectivity index (χ0v) is 12.7. The molecule has 1 aromatic heterocycles. The predicted octanol–water partition coefficient (Wildman–Crippen LogP) is 2.55. The second-order valence-electron chi connectivity index (χ2n) is 5.91. The van der Waals surface area contributed by atoms with E-state index in [1.54, 1.807) is 6.20 Å². The molecule has 0 aliphatic carbocycles. The Labute approximate surface area is 126 Å². The predicted molar refractivity (Wildman–Crippen MR) is 84.7 cm³/mol. The molecule has 0 radical (unpaired) electrons. The van der Waals surface area contributed by atoms with Crippen molar-refractivity contribution in [3.05, 3.63) is 36.7 Å². The van der Waals surface area contributed by atoms with Gasteiger partial charge in [0.15, 0.2) is 0 Å². The molecule has 1 aromatic carbocycles. The summed E-state index contributed by atoms with van der Waals surface area (Å²) in [6, 6.07) is 9.46. The lowest BCUT2D eigenvalue weighted by molar-refractivity contribution is 0.177. The molecule has 1 fully saturated rings. The van der Waals surface area contributed by atoms with Gasteiger partial charge in [0.25, 0.3) is 0 Å². The topological polar surface area (TPSA) is 46.0 Å². The van der Waals surface area contributed by atoms with Crippen LogP contribution in [0.15, 0.2) is 36.7 Å². The summed E-state index contributed by atoms with van der Waals surface area (Å²) in [5.74, 6) is 0. The van der Waals surface area contributed by atoms with Crippen molar-refractivity contribution in [3.63, 3.8) is 0 Å². The van der Waals surface area contributed by atoms with Crippen LogP contribution in [0, 0.1) is 0 Å². The Morgan fingerprint density at radius 2 is 1.95 bits per heavy atom. The Bertz CT molecular complexity index is 556. The molecule has 0 amide bonds. The third kappa shape index (κ3) is 3.24. The van der Waals surface area contributed by atoms with Gasteiger partial charge in [-0.2, -0.15) is 0 Å². The fraction of sp³-hybridized carbons (Fsp3) is 0.500. The molecule has 0 unspecified atom stereocenters. The van der Waals surface area contributed by atoms with Crippen molar-refractivity contribution < 1.29 is 0 Å². The van der Waals surface area contributed by atoms with E-state index < -0.39 is 0 Å². The van der Waals surface area contributed by atoms with Crippen molar-refractivity contribution in [1.82, 2.24) is 19.9 Å². The highest BCUT2D eigenvalue weighted by molar-refractivity contribution is 5.60. The van der Waals surface area contributed by atoms with Gasteiger partial charge in [-0.3, -0.25) is 0 Å². The molecule has 5 nitrogen and oxygen atoms in total. The van der Waals surface area contributed by atoms with Gasteiger partial charge < -0.3 is 10.2 Å². The lowest BCUT2D eigenvalue weighted by Gasteiger charge is -2.35. The maximum absolute atomic E-state index is 4.09. The lowest BCUT2D eigenvalue weighted by Crippen LogP contribution is -2.42. The summed E-state index contributed by atoms with van der Waals surface area (Å²) in [5.41, 5.74) is 2.19. The molecule has 1 aliphatic heterocycles. The van der Waals surface area contributed by atoms with Crippen LogP contribution >= 0.6 is 0 Å². The monoisotopic (exact) mass is 285 g/mol. The Kier molecular flexibility index (Phi) is 4.20. The molecule has 21 heavy (non-hydrogen) atoms. The van der Waals surface area contributed by atoms with Gasteiger partial charge in [0, 0.05) is 25.2 Å². The van der Waals surface area contributed by atoms with Gasteiger partial charge in [-0.25, -0.2) is 4.68 Å². The summed E-state index contributed by atoms with van der Waals surface area (Å²) >= 11 is 0. The molecular formula is C16H23N5. The van der Waals surface area contributed by atoms with Crippen molar-refractivity contribution in [2.24, 2.45) is 0 Å². The highest BCUT2D eigenvalue weighted by atomic mass is 15.4. The Hall–Kier alpha value is -1.88. The first-order chi connectivity index (χ1) is 10.2. The fourth-order valence-electron chi connectivity index (χ4n) is 2.91. The average molecular weight is 285 g/mol. The van der Waals surface area contributed by atoms with E-state index in [1.165, 1.54) is 25.9 Å². The highest BCUT2D eigenvalue weighted by Gasteiger charge is 2.21. The van der Waals surface area contributed by atoms with Crippen LogP contribution < -0.4 is 5.32 Å². The second kappa shape index (κ2) is 6.26. The number of piperidine rings is 1. The number of hydrogen-bond acceptors (Lipinski definition) is 4. The summed E-state index contributed by atoms with van der Waals surface area (Å²) in [4.78, 5) is 2.54. The molecule has 0 spiro atoms. The van der Waals surface area contributed by atoms with E-state index in [0.29, 0.717) is 12.1 Å².